The fourth-order valence-corrected chi connectivity index (χ4v) is 3.90. The molecule has 1 unspecified atom stereocenters. The number of rotatable bonds is 6. The van der Waals surface area contributed by atoms with Crippen molar-refractivity contribution in [2.75, 3.05) is 26.2 Å². The highest BCUT2D eigenvalue weighted by molar-refractivity contribution is 5.78. The Morgan fingerprint density at radius 1 is 1.04 bits per heavy atom. The Hall–Kier alpha value is -2.33. The van der Waals surface area contributed by atoms with Gasteiger partial charge in [0.1, 0.15) is 5.75 Å². The van der Waals surface area contributed by atoms with Gasteiger partial charge in [0.05, 0.1) is 0 Å². The van der Waals surface area contributed by atoms with Gasteiger partial charge in [-0.2, -0.15) is 0 Å². The van der Waals surface area contributed by atoms with Crippen molar-refractivity contribution in [3.8, 4) is 5.75 Å². The van der Waals surface area contributed by atoms with Crippen LogP contribution in [0.15, 0.2) is 54.6 Å². The van der Waals surface area contributed by atoms with Gasteiger partial charge in [-0.1, -0.05) is 48.0 Å². The Morgan fingerprint density at radius 3 is 2.48 bits per heavy atom. The number of ether oxygens (including phenoxy) is 1. The quantitative estimate of drug-likeness (QED) is 0.788. The van der Waals surface area contributed by atoms with Crippen LogP contribution in [0.25, 0.3) is 0 Å². The van der Waals surface area contributed by atoms with Gasteiger partial charge in [-0.15, -0.1) is 0 Å². The summed E-state index contributed by atoms with van der Waals surface area (Å²) in [5, 5.41) is 0. The summed E-state index contributed by atoms with van der Waals surface area (Å²) in [5.74, 6) is 0.845. The Balaban J connectivity index is 1.41. The first kappa shape index (κ1) is 18.1. The summed E-state index contributed by atoms with van der Waals surface area (Å²) in [5.41, 5.74) is 2.48. The van der Waals surface area contributed by atoms with Crippen LogP contribution < -0.4 is 4.74 Å². The SMILES string of the molecule is Cc1ccc(OCC(=O)N2CCN(C3CC3)CC2Cc2ccccc2)cc1. The topological polar surface area (TPSA) is 32.8 Å². The van der Waals surface area contributed by atoms with Crippen molar-refractivity contribution in [1.29, 1.82) is 0 Å². The second-order valence-corrected chi connectivity index (χ2v) is 7.76. The molecular weight excluding hydrogens is 336 g/mol. The zero-order valence-corrected chi connectivity index (χ0v) is 16.0. The van der Waals surface area contributed by atoms with Gasteiger partial charge in [-0.25, -0.2) is 0 Å². The molecule has 4 heteroatoms. The van der Waals surface area contributed by atoms with Crippen molar-refractivity contribution in [2.45, 2.75) is 38.3 Å². The molecule has 1 heterocycles. The highest BCUT2D eigenvalue weighted by Crippen LogP contribution is 2.29. The van der Waals surface area contributed by atoms with E-state index in [0.29, 0.717) is 0 Å². The Labute approximate surface area is 161 Å². The number of piperazine rings is 1. The fraction of sp³-hybridized carbons (Fsp3) is 0.435. The molecule has 2 aromatic carbocycles. The van der Waals surface area contributed by atoms with Crippen molar-refractivity contribution < 1.29 is 9.53 Å². The molecule has 2 aliphatic rings. The number of benzene rings is 2. The number of hydrogen-bond donors (Lipinski definition) is 0. The van der Waals surface area contributed by atoms with E-state index < -0.39 is 0 Å². The van der Waals surface area contributed by atoms with E-state index in [0.717, 1.165) is 37.8 Å². The normalized spacial score (nSPS) is 20.5. The van der Waals surface area contributed by atoms with Gasteiger partial charge in [0, 0.05) is 31.7 Å². The van der Waals surface area contributed by atoms with Crippen LogP contribution in [0.1, 0.15) is 24.0 Å². The third-order valence-electron chi connectivity index (χ3n) is 5.60. The van der Waals surface area contributed by atoms with E-state index >= 15 is 0 Å². The monoisotopic (exact) mass is 364 g/mol. The maximum atomic E-state index is 12.9. The maximum absolute atomic E-state index is 12.9. The van der Waals surface area contributed by atoms with Crippen molar-refractivity contribution >= 4 is 5.91 Å². The van der Waals surface area contributed by atoms with Gasteiger partial charge in [-0.3, -0.25) is 9.69 Å². The largest absolute Gasteiger partial charge is 0.484 e. The number of nitrogens with zero attached hydrogens (tertiary/aromatic N) is 2. The van der Waals surface area contributed by atoms with Crippen LogP contribution >= 0.6 is 0 Å². The van der Waals surface area contributed by atoms with Gasteiger partial charge in [0.2, 0.25) is 0 Å². The second-order valence-electron chi connectivity index (χ2n) is 7.76. The highest BCUT2D eigenvalue weighted by Gasteiger charge is 2.37. The molecule has 2 aromatic rings. The number of amides is 1. The lowest BCUT2D eigenvalue weighted by atomic mass is 10.0. The number of carbonyl (C=O) groups excluding carboxylic acids is 1. The lowest BCUT2D eigenvalue weighted by molar-refractivity contribution is -0.138. The Morgan fingerprint density at radius 2 is 1.78 bits per heavy atom. The van der Waals surface area contributed by atoms with Gasteiger partial charge < -0.3 is 9.64 Å². The van der Waals surface area contributed by atoms with E-state index in [1.807, 2.05) is 42.2 Å². The molecule has 4 nitrogen and oxygen atoms in total. The molecule has 1 aliphatic heterocycles. The van der Waals surface area contributed by atoms with E-state index in [9.17, 15) is 4.79 Å². The first-order valence-corrected chi connectivity index (χ1v) is 9.96. The molecule has 1 saturated carbocycles. The summed E-state index contributed by atoms with van der Waals surface area (Å²) in [6.07, 6.45) is 3.52. The zero-order chi connectivity index (χ0) is 18.6. The van der Waals surface area contributed by atoms with Crippen molar-refractivity contribution in [3.05, 3.63) is 65.7 Å². The van der Waals surface area contributed by atoms with Crippen LogP contribution in [0, 0.1) is 6.92 Å². The summed E-state index contributed by atoms with van der Waals surface area (Å²) in [6, 6.07) is 19.3. The molecule has 1 aliphatic carbocycles. The molecular formula is C23H28N2O2. The minimum atomic E-state index is 0.0898. The average Bonchev–Trinajstić information content (AvgIpc) is 3.53. The van der Waals surface area contributed by atoms with Crippen molar-refractivity contribution in [1.82, 2.24) is 9.80 Å². The molecule has 27 heavy (non-hydrogen) atoms. The zero-order valence-electron chi connectivity index (χ0n) is 16.0. The predicted molar refractivity (Wildman–Crippen MR) is 107 cm³/mol. The molecule has 2 fully saturated rings. The van der Waals surface area contributed by atoms with Gasteiger partial charge in [0.25, 0.3) is 5.91 Å². The minimum Gasteiger partial charge on any atom is -0.484 e. The van der Waals surface area contributed by atoms with Crippen LogP contribution in [0.3, 0.4) is 0 Å². The standard InChI is InChI=1S/C23H28N2O2/c1-18-7-11-22(12-8-18)27-17-23(26)25-14-13-24(20-9-10-20)16-21(25)15-19-5-3-2-4-6-19/h2-8,11-12,20-21H,9-10,13-17H2,1H3. The summed E-state index contributed by atoms with van der Waals surface area (Å²) < 4.78 is 5.76. The molecule has 1 atom stereocenters. The first-order chi connectivity index (χ1) is 13.2. The van der Waals surface area contributed by atoms with E-state index in [-0.39, 0.29) is 18.6 Å². The third kappa shape index (κ3) is 4.69. The first-order valence-electron chi connectivity index (χ1n) is 9.96. The molecule has 142 valence electrons. The molecule has 1 saturated heterocycles. The fourth-order valence-electron chi connectivity index (χ4n) is 3.90. The highest BCUT2D eigenvalue weighted by atomic mass is 16.5. The van der Waals surface area contributed by atoms with Gasteiger partial charge in [0.15, 0.2) is 6.61 Å². The number of carbonyl (C=O) groups is 1. The molecule has 0 aromatic heterocycles. The molecule has 0 N–H and O–H groups in total. The van der Waals surface area contributed by atoms with Gasteiger partial charge in [-0.05, 0) is 43.9 Å². The molecule has 0 bridgehead atoms. The van der Waals surface area contributed by atoms with Crippen LogP contribution in [-0.2, 0) is 11.2 Å². The lowest BCUT2D eigenvalue weighted by Gasteiger charge is -2.41. The minimum absolute atomic E-state index is 0.0898. The Kier molecular flexibility index (Phi) is 5.44. The van der Waals surface area contributed by atoms with Crippen LogP contribution in [0.5, 0.6) is 5.75 Å². The lowest BCUT2D eigenvalue weighted by Crippen LogP contribution is -2.57. The molecule has 4 rings (SSSR count). The van der Waals surface area contributed by atoms with Crippen molar-refractivity contribution in [2.24, 2.45) is 0 Å². The molecule has 1 amide bonds. The molecule has 0 spiro atoms. The van der Waals surface area contributed by atoms with Crippen molar-refractivity contribution in [3.63, 3.8) is 0 Å². The summed E-state index contributed by atoms with van der Waals surface area (Å²) in [7, 11) is 0. The van der Waals surface area contributed by atoms with E-state index in [1.165, 1.54) is 24.0 Å². The molecule has 0 radical (unpaired) electrons. The van der Waals surface area contributed by atoms with Crippen LogP contribution in [0.4, 0.5) is 0 Å². The van der Waals surface area contributed by atoms with Gasteiger partial charge >= 0.3 is 0 Å². The van der Waals surface area contributed by atoms with Crippen LogP contribution in [0.2, 0.25) is 0 Å². The smallest absolute Gasteiger partial charge is 0.260 e. The number of hydrogen-bond acceptors (Lipinski definition) is 3. The van der Waals surface area contributed by atoms with Crippen LogP contribution in [-0.4, -0.2) is 54.0 Å². The number of aryl methyl sites for hydroxylation is 1. The maximum Gasteiger partial charge on any atom is 0.260 e. The van der Waals surface area contributed by atoms with E-state index in [2.05, 4.69) is 29.2 Å². The summed E-state index contributed by atoms with van der Waals surface area (Å²) in [6.45, 7) is 4.90. The van der Waals surface area contributed by atoms with E-state index in [4.69, 9.17) is 4.74 Å². The third-order valence-corrected chi connectivity index (χ3v) is 5.60. The summed E-state index contributed by atoms with van der Waals surface area (Å²) >= 11 is 0. The summed E-state index contributed by atoms with van der Waals surface area (Å²) in [4.78, 5) is 17.5. The van der Waals surface area contributed by atoms with E-state index in [1.54, 1.807) is 0 Å². The predicted octanol–water partition coefficient (Wildman–Crippen LogP) is 3.29. The second kappa shape index (κ2) is 8.13. The Bertz CT molecular complexity index is 756. The average molecular weight is 364 g/mol.